The molecule has 0 aliphatic rings. The molecule has 100 valence electrons. The van der Waals surface area contributed by atoms with Crippen molar-refractivity contribution in [2.75, 3.05) is 20.3 Å². The average molecular weight is 269 g/mol. The van der Waals surface area contributed by atoms with Gasteiger partial charge in [0.1, 0.15) is 11.1 Å². The maximum atomic E-state index is 5.74. The Morgan fingerprint density at radius 1 is 1.39 bits per heavy atom. The Morgan fingerprint density at radius 2 is 2.11 bits per heavy atom. The fraction of sp³-hybridized carbons (Fsp3) is 0.462. The van der Waals surface area contributed by atoms with E-state index >= 15 is 0 Å². The van der Waals surface area contributed by atoms with E-state index in [0.29, 0.717) is 29.7 Å². The summed E-state index contributed by atoms with van der Waals surface area (Å²) in [6.45, 7) is 4.91. The summed E-state index contributed by atoms with van der Waals surface area (Å²) in [4.78, 5) is 0.340. The monoisotopic (exact) mass is 269 g/mol. The Balaban J connectivity index is 2.92. The summed E-state index contributed by atoms with van der Waals surface area (Å²) in [6, 6.07) is 5.42. The molecule has 0 saturated heterocycles. The lowest BCUT2D eigenvalue weighted by Crippen LogP contribution is -2.18. The molecule has 1 aromatic rings. The molecule has 0 spiro atoms. The third-order valence-corrected chi connectivity index (χ3v) is 2.49. The molecule has 1 rings (SSSR count). The van der Waals surface area contributed by atoms with Gasteiger partial charge >= 0.3 is 0 Å². The van der Waals surface area contributed by atoms with Crippen molar-refractivity contribution in [3.63, 3.8) is 0 Å². The lowest BCUT2D eigenvalue weighted by molar-refractivity contribution is 0.0894. The number of rotatable bonds is 7. The summed E-state index contributed by atoms with van der Waals surface area (Å²) >= 11 is 4.94. The molecule has 1 unspecified atom stereocenters. The van der Waals surface area contributed by atoms with E-state index in [1.807, 2.05) is 26.0 Å². The molecular formula is C13H19NO3S. The largest absolute Gasteiger partial charge is 0.490 e. The third-order valence-electron chi connectivity index (χ3n) is 2.26. The van der Waals surface area contributed by atoms with Crippen molar-refractivity contribution in [1.82, 2.24) is 0 Å². The second-order valence-electron chi connectivity index (χ2n) is 3.84. The predicted molar refractivity (Wildman–Crippen MR) is 75.5 cm³/mol. The third kappa shape index (κ3) is 4.16. The number of ether oxygens (including phenoxy) is 3. The Kier molecular flexibility index (Phi) is 5.88. The first-order chi connectivity index (χ1) is 8.58. The van der Waals surface area contributed by atoms with Crippen LogP contribution in [-0.4, -0.2) is 31.4 Å². The number of nitrogens with two attached hydrogens (primary N) is 1. The van der Waals surface area contributed by atoms with Gasteiger partial charge in [0, 0.05) is 12.7 Å². The van der Waals surface area contributed by atoms with E-state index in [1.165, 1.54) is 0 Å². The van der Waals surface area contributed by atoms with Crippen molar-refractivity contribution in [3.05, 3.63) is 23.8 Å². The molecule has 0 heterocycles. The van der Waals surface area contributed by atoms with Crippen LogP contribution in [-0.2, 0) is 4.74 Å². The van der Waals surface area contributed by atoms with E-state index in [2.05, 4.69) is 0 Å². The van der Waals surface area contributed by atoms with Gasteiger partial charge in [0.05, 0.1) is 13.2 Å². The number of benzene rings is 1. The van der Waals surface area contributed by atoms with Crippen LogP contribution < -0.4 is 15.2 Å². The zero-order valence-corrected chi connectivity index (χ0v) is 11.8. The van der Waals surface area contributed by atoms with E-state index < -0.39 is 0 Å². The van der Waals surface area contributed by atoms with Crippen LogP contribution in [0.1, 0.15) is 19.4 Å². The number of hydrogen-bond acceptors (Lipinski definition) is 4. The average Bonchev–Trinajstić information content (AvgIpc) is 2.31. The fourth-order valence-corrected chi connectivity index (χ4v) is 1.64. The van der Waals surface area contributed by atoms with Crippen molar-refractivity contribution >= 4 is 17.2 Å². The topological polar surface area (TPSA) is 53.7 Å². The van der Waals surface area contributed by atoms with Crippen molar-refractivity contribution in [2.45, 2.75) is 20.0 Å². The molecule has 0 aliphatic heterocycles. The first-order valence-electron chi connectivity index (χ1n) is 5.80. The Morgan fingerprint density at radius 3 is 2.67 bits per heavy atom. The molecule has 4 nitrogen and oxygen atoms in total. The standard InChI is InChI=1S/C13H19NO3S/c1-4-16-12-7-10(13(14)18)5-6-11(12)17-9(2)8-15-3/h5-7,9H,4,8H2,1-3H3,(H2,14,18). The zero-order valence-electron chi connectivity index (χ0n) is 10.9. The van der Waals surface area contributed by atoms with Crippen LogP contribution in [0, 0.1) is 0 Å². The maximum Gasteiger partial charge on any atom is 0.161 e. The van der Waals surface area contributed by atoms with Crippen molar-refractivity contribution in [1.29, 1.82) is 0 Å². The van der Waals surface area contributed by atoms with Gasteiger partial charge in [-0.2, -0.15) is 0 Å². The summed E-state index contributed by atoms with van der Waals surface area (Å²) in [5.74, 6) is 1.31. The first kappa shape index (κ1) is 14.7. The van der Waals surface area contributed by atoms with Gasteiger partial charge < -0.3 is 19.9 Å². The quantitative estimate of drug-likeness (QED) is 0.769. The zero-order chi connectivity index (χ0) is 13.5. The number of hydrogen-bond donors (Lipinski definition) is 1. The number of methoxy groups -OCH3 is 1. The molecular weight excluding hydrogens is 250 g/mol. The minimum atomic E-state index is -0.0510. The van der Waals surface area contributed by atoms with E-state index in [0.717, 1.165) is 5.56 Å². The minimum absolute atomic E-state index is 0.0510. The van der Waals surface area contributed by atoms with Crippen LogP contribution >= 0.6 is 12.2 Å². The second-order valence-corrected chi connectivity index (χ2v) is 4.28. The van der Waals surface area contributed by atoms with Gasteiger partial charge in [-0.15, -0.1) is 0 Å². The highest BCUT2D eigenvalue weighted by Crippen LogP contribution is 2.29. The molecule has 2 N–H and O–H groups in total. The van der Waals surface area contributed by atoms with E-state index in [4.69, 9.17) is 32.2 Å². The molecule has 18 heavy (non-hydrogen) atoms. The maximum absolute atomic E-state index is 5.74. The van der Waals surface area contributed by atoms with E-state index in [9.17, 15) is 0 Å². The molecule has 0 aromatic heterocycles. The molecule has 0 saturated carbocycles. The lowest BCUT2D eigenvalue weighted by Gasteiger charge is -2.17. The molecule has 0 aliphatic carbocycles. The molecule has 1 aromatic carbocycles. The fourth-order valence-electron chi connectivity index (χ4n) is 1.51. The van der Waals surface area contributed by atoms with Gasteiger partial charge in [-0.25, -0.2) is 0 Å². The molecule has 0 fully saturated rings. The van der Waals surface area contributed by atoms with Crippen molar-refractivity contribution in [2.24, 2.45) is 5.73 Å². The predicted octanol–water partition coefficient (Wildman–Crippen LogP) is 2.13. The molecule has 0 amide bonds. The Hall–Kier alpha value is -1.33. The van der Waals surface area contributed by atoms with Crippen LogP contribution in [0.25, 0.3) is 0 Å². The van der Waals surface area contributed by atoms with E-state index in [-0.39, 0.29) is 6.10 Å². The van der Waals surface area contributed by atoms with Crippen LogP contribution in [0.5, 0.6) is 11.5 Å². The van der Waals surface area contributed by atoms with Crippen LogP contribution in [0.2, 0.25) is 0 Å². The molecule has 0 bridgehead atoms. The van der Waals surface area contributed by atoms with Crippen molar-refractivity contribution in [3.8, 4) is 11.5 Å². The SMILES string of the molecule is CCOc1cc(C(N)=S)ccc1OC(C)COC. The molecule has 0 radical (unpaired) electrons. The highest BCUT2D eigenvalue weighted by Gasteiger charge is 2.11. The Labute approximate surface area is 113 Å². The van der Waals surface area contributed by atoms with E-state index in [1.54, 1.807) is 13.2 Å². The van der Waals surface area contributed by atoms with Gasteiger partial charge in [-0.3, -0.25) is 0 Å². The first-order valence-corrected chi connectivity index (χ1v) is 6.21. The van der Waals surface area contributed by atoms with Gasteiger partial charge in [-0.1, -0.05) is 12.2 Å². The van der Waals surface area contributed by atoms with Crippen LogP contribution in [0.4, 0.5) is 0 Å². The summed E-state index contributed by atoms with van der Waals surface area (Å²) in [5, 5.41) is 0. The normalized spacial score (nSPS) is 11.9. The summed E-state index contributed by atoms with van der Waals surface area (Å²) in [7, 11) is 1.64. The highest BCUT2D eigenvalue weighted by atomic mass is 32.1. The lowest BCUT2D eigenvalue weighted by atomic mass is 10.2. The van der Waals surface area contributed by atoms with Crippen LogP contribution in [0.3, 0.4) is 0 Å². The van der Waals surface area contributed by atoms with Gasteiger partial charge in [0.15, 0.2) is 11.5 Å². The summed E-state index contributed by atoms with van der Waals surface area (Å²) < 4.78 is 16.3. The Bertz CT molecular complexity index is 409. The smallest absolute Gasteiger partial charge is 0.161 e. The minimum Gasteiger partial charge on any atom is -0.490 e. The number of thiocarbonyl (C=S) groups is 1. The van der Waals surface area contributed by atoms with Gasteiger partial charge in [-0.05, 0) is 32.0 Å². The summed E-state index contributed by atoms with van der Waals surface area (Å²) in [5.41, 5.74) is 6.36. The van der Waals surface area contributed by atoms with Crippen LogP contribution in [0.15, 0.2) is 18.2 Å². The molecule has 1 atom stereocenters. The second kappa shape index (κ2) is 7.18. The van der Waals surface area contributed by atoms with Crippen molar-refractivity contribution < 1.29 is 14.2 Å². The van der Waals surface area contributed by atoms with Gasteiger partial charge in [0.2, 0.25) is 0 Å². The highest BCUT2D eigenvalue weighted by molar-refractivity contribution is 7.80. The van der Waals surface area contributed by atoms with Gasteiger partial charge in [0.25, 0.3) is 0 Å². The molecule has 5 heteroatoms. The summed E-state index contributed by atoms with van der Waals surface area (Å²) in [6.07, 6.45) is -0.0510.